The average Bonchev–Trinajstić information content (AvgIpc) is 2.85. The smallest absolute Gasteiger partial charge is 0.205 e. The minimum absolute atomic E-state index is 0.653. The van der Waals surface area contributed by atoms with Gasteiger partial charge in [0.15, 0.2) is 5.58 Å². The van der Waals surface area contributed by atoms with E-state index in [9.17, 15) is 0 Å². The van der Waals surface area contributed by atoms with Gasteiger partial charge >= 0.3 is 0 Å². The molecule has 0 saturated carbocycles. The van der Waals surface area contributed by atoms with Crippen LogP contribution in [-0.4, -0.2) is 4.98 Å². The van der Waals surface area contributed by atoms with Crippen LogP contribution in [0.25, 0.3) is 11.1 Å². The number of hydrogen-bond donors (Lipinski definition) is 1. The number of fused-ring (bicyclic) bond motifs is 1. The lowest BCUT2D eigenvalue weighted by molar-refractivity contribution is 0.556. The number of hydrogen-bond acceptors (Lipinski definition) is 4. The number of para-hydroxylation sites is 1. The largest absolute Gasteiger partial charge is 0.440 e. The van der Waals surface area contributed by atoms with Crippen LogP contribution in [0.4, 0.5) is 5.69 Å². The van der Waals surface area contributed by atoms with Crippen molar-refractivity contribution >= 4 is 40.1 Å². The zero-order valence-electron chi connectivity index (χ0n) is 10.7. The van der Waals surface area contributed by atoms with Crippen molar-refractivity contribution in [2.75, 3.05) is 5.73 Å². The van der Waals surface area contributed by atoms with Crippen molar-refractivity contribution < 1.29 is 4.42 Å². The van der Waals surface area contributed by atoms with E-state index in [1.807, 2.05) is 42.5 Å². The van der Waals surface area contributed by atoms with Gasteiger partial charge in [0.2, 0.25) is 5.89 Å². The molecule has 20 heavy (non-hydrogen) atoms. The molecule has 2 aromatic carbocycles. The molecule has 102 valence electrons. The molecule has 0 fully saturated rings. The van der Waals surface area contributed by atoms with Crippen molar-refractivity contribution in [3.05, 3.63) is 58.9 Å². The van der Waals surface area contributed by atoms with E-state index in [4.69, 9.17) is 21.8 Å². The highest BCUT2D eigenvalue weighted by atomic mass is 35.5. The predicted octanol–water partition coefficient (Wildman–Crippen LogP) is 4.50. The highest BCUT2D eigenvalue weighted by molar-refractivity contribution is 7.97. The molecule has 3 rings (SSSR count). The normalized spacial score (nSPS) is 11.1. The number of anilines is 1. The van der Waals surface area contributed by atoms with Crippen LogP contribution in [0.2, 0.25) is 5.02 Å². The van der Waals surface area contributed by atoms with Crippen molar-refractivity contribution in [2.24, 2.45) is 0 Å². The molecule has 2 N–H and O–H groups in total. The lowest BCUT2D eigenvalue weighted by Gasteiger charge is -1.99. The van der Waals surface area contributed by atoms with Crippen LogP contribution in [0.3, 0.4) is 0 Å². The van der Waals surface area contributed by atoms with Crippen LogP contribution in [0, 0.1) is 0 Å². The summed E-state index contributed by atoms with van der Waals surface area (Å²) >= 11 is 7.60. The first-order valence-corrected chi connectivity index (χ1v) is 7.72. The second-order valence-electron chi connectivity index (χ2n) is 4.42. The van der Waals surface area contributed by atoms with Gasteiger partial charge in [-0.15, -0.1) is 11.8 Å². The molecule has 3 nitrogen and oxygen atoms in total. The van der Waals surface area contributed by atoms with E-state index in [1.54, 1.807) is 11.8 Å². The van der Waals surface area contributed by atoms with Gasteiger partial charge in [-0.05, 0) is 29.8 Å². The summed E-state index contributed by atoms with van der Waals surface area (Å²) in [6.45, 7) is 0. The van der Waals surface area contributed by atoms with Gasteiger partial charge in [-0.3, -0.25) is 0 Å². The quantitative estimate of drug-likeness (QED) is 0.721. The molecule has 5 heteroatoms. The highest BCUT2D eigenvalue weighted by Gasteiger charge is 2.07. The number of nitrogens with zero attached hydrogens (tertiary/aromatic N) is 1. The first kappa shape index (κ1) is 13.3. The third-order valence-electron chi connectivity index (χ3n) is 2.90. The Morgan fingerprint density at radius 2 is 1.90 bits per heavy atom. The Balaban J connectivity index is 1.65. The van der Waals surface area contributed by atoms with Crippen molar-refractivity contribution in [3.63, 3.8) is 0 Å². The summed E-state index contributed by atoms with van der Waals surface area (Å²) in [7, 11) is 0. The van der Waals surface area contributed by atoms with E-state index < -0.39 is 0 Å². The summed E-state index contributed by atoms with van der Waals surface area (Å²) < 4.78 is 5.67. The third kappa shape index (κ3) is 2.92. The Morgan fingerprint density at radius 1 is 1.10 bits per heavy atom. The van der Waals surface area contributed by atoms with Gasteiger partial charge in [0.05, 0.1) is 11.4 Å². The summed E-state index contributed by atoms with van der Waals surface area (Å²) in [6, 6.07) is 13.4. The van der Waals surface area contributed by atoms with Crippen LogP contribution in [0.1, 0.15) is 11.5 Å². The van der Waals surface area contributed by atoms with Crippen LogP contribution in [0.15, 0.2) is 46.9 Å². The fraction of sp³-hybridized carbons (Fsp3) is 0.133. The number of benzene rings is 2. The third-order valence-corrected chi connectivity index (χ3v) is 4.14. The fourth-order valence-electron chi connectivity index (χ4n) is 1.91. The maximum Gasteiger partial charge on any atom is 0.205 e. The first-order valence-electron chi connectivity index (χ1n) is 6.18. The number of halogens is 1. The number of nitrogen functional groups attached to an aromatic ring is 1. The second kappa shape index (κ2) is 5.77. The van der Waals surface area contributed by atoms with Crippen LogP contribution in [0.5, 0.6) is 0 Å². The monoisotopic (exact) mass is 304 g/mol. The van der Waals surface area contributed by atoms with E-state index in [1.165, 1.54) is 5.56 Å². The molecular formula is C15H13ClN2OS. The zero-order chi connectivity index (χ0) is 13.9. The summed E-state index contributed by atoms with van der Waals surface area (Å²) in [6.07, 6.45) is 0. The Kier molecular flexibility index (Phi) is 3.85. The van der Waals surface area contributed by atoms with Crippen molar-refractivity contribution in [1.82, 2.24) is 4.98 Å². The Bertz CT molecular complexity index is 724. The number of rotatable bonds is 4. The first-order chi connectivity index (χ1) is 9.72. The Morgan fingerprint density at radius 3 is 2.65 bits per heavy atom. The number of aromatic nitrogens is 1. The van der Waals surface area contributed by atoms with E-state index >= 15 is 0 Å². The molecule has 1 heterocycles. The molecule has 3 aromatic rings. The van der Waals surface area contributed by atoms with Crippen molar-refractivity contribution in [1.29, 1.82) is 0 Å². The van der Waals surface area contributed by atoms with Crippen LogP contribution >= 0.6 is 23.4 Å². The van der Waals surface area contributed by atoms with E-state index in [0.29, 0.717) is 11.6 Å². The minimum atomic E-state index is 0.653. The average molecular weight is 305 g/mol. The highest BCUT2D eigenvalue weighted by Crippen LogP contribution is 2.24. The van der Waals surface area contributed by atoms with E-state index in [-0.39, 0.29) is 0 Å². The number of oxazole rings is 1. The van der Waals surface area contributed by atoms with Crippen molar-refractivity contribution in [2.45, 2.75) is 11.5 Å². The van der Waals surface area contributed by atoms with Gasteiger partial charge in [-0.2, -0.15) is 0 Å². The topological polar surface area (TPSA) is 52.0 Å². The molecular weight excluding hydrogens is 292 g/mol. The standard InChI is InChI=1S/C15H13ClN2OS/c16-11-6-4-10(5-7-11)8-20-9-14-18-15-12(17)2-1-3-13(15)19-14/h1-7H,8-9,17H2. The second-order valence-corrected chi connectivity index (χ2v) is 5.84. The molecule has 0 atom stereocenters. The van der Waals surface area contributed by atoms with Crippen LogP contribution in [-0.2, 0) is 11.5 Å². The summed E-state index contributed by atoms with van der Waals surface area (Å²) in [5.41, 5.74) is 9.23. The maximum atomic E-state index is 5.86. The molecule has 0 spiro atoms. The van der Waals surface area contributed by atoms with E-state index in [2.05, 4.69) is 4.98 Å². The molecule has 0 aliphatic carbocycles. The predicted molar refractivity (Wildman–Crippen MR) is 84.9 cm³/mol. The van der Waals surface area contributed by atoms with Gasteiger partial charge in [0.25, 0.3) is 0 Å². The van der Waals surface area contributed by atoms with Crippen molar-refractivity contribution in [3.8, 4) is 0 Å². The molecule has 0 aliphatic heterocycles. The minimum Gasteiger partial charge on any atom is -0.440 e. The SMILES string of the molecule is Nc1cccc2oc(CSCc3ccc(Cl)cc3)nc12. The fourth-order valence-corrected chi connectivity index (χ4v) is 2.87. The molecule has 0 bridgehead atoms. The Labute approximate surface area is 126 Å². The number of thioether (sulfide) groups is 1. The lowest BCUT2D eigenvalue weighted by Crippen LogP contribution is -1.86. The molecule has 0 unspecified atom stereocenters. The van der Waals surface area contributed by atoms with Gasteiger partial charge in [-0.25, -0.2) is 4.98 Å². The Hall–Kier alpha value is -1.65. The summed E-state index contributed by atoms with van der Waals surface area (Å²) in [5.74, 6) is 2.32. The number of nitrogens with two attached hydrogens (primary N) is 1. The summed E-state index contributed by atoms with van der Waals surface area (Å²) in [5, 5.41) is 0.758. The molecule has 0 radical (unpaired) electrons. The summed E-state index contributed by atoms with van der Waals surface area (Å²) in [4.78, 5) is 4.42. The molecule has 0 saturated heterocycles. The van der Waals surface area contributed by atoms with E-state index in [0.717, 1.165) is 27.6 Å². The lowest BCUT2D eigenvalue weighted by atomic mass is 10.2. The van der Waals surface area contributed by atoms with Gasteiger partial charge < -0.3 is 10.2 Å². The van der Waals surface area contributed by atoms with Gasteiger partial charge in [-0.1, -0.05) is 29.8 Å². The zero-order valence-corrected chi connectivity index (χ0v) is 12.2. The molecule has 0 aliphatic rings. The molecule has 0 amide bonds. The van der Waals surface area contributed by atoms with Crippen LogP contribution < -0.4 is 5.73 Å². The maximum absolute atomic E-state index is 5.86. The van der Waals surface area contributed by atoms with Gasteiger partial charge in [0, 0.05) is 10.8 Å². The van der Waals surface area contributed by atoms with Gasteiger partial charge in [0.1, 0.15) is 5.52 Å². The molecule has 1 aromatic heterocycles.